The van der Waals surface area contributed by atoms with Gasteiger partial charge in [-0.3, -0.25) is 57.6 Å². The summed E-state index contributed by atoms with van der Waals surface area (Å²) in [6, 6.07) is -1.69. The fourth-order valence-corrected chi connectivity index (χ4v) is 9.94. The highest BCUT2D eigenvalue weighted by atomic mass is 16.6. The molecule has 0 aromatic carbocycles. The SMILES string of the molecule is CC(C)(C)CCC(=O)[C@H](CCC(=O)OC(C)(C)C)NC(=O)CCOCCOCCOCCNC(=O)CCOCCOCCOCCC(=O)CCCOCCOCCOCCC(=O)NCCCC[C@H](NC(=O)CCCN1C(=O)C2C3C=CC(O3)C2C1=O)C(=O)NCCCC(=O)O. The molecule has 0 aliphatic carbocycles. The van der Waals surface area contributed by atoms with Crippen molar-refractivity contribution in [3.63, 3.8) is 0 Å². The van der Waals surface area contributed by atoms with E-state index in [9.17, 15) is 52.7 Å². The van der Waals surface area contributed by atoms with Crippen LogP contribution in [0.2, 0.25) is 0 Å². The van der Waals surface area contributed by atoms with Crippen molar-refractivity contribution >= 4 is 64.9 Å². The summed E-state index contributed by atoms with van der Waals surface area (Å²) in [5.74, 6) is -4.71. The normalized spacial score (nSPS) is 17.1. The summed E-state index contributed by atoms with van der Waals surface area (Å²) in [7, 11) is 0. The first-order chi connectivity index (χ1) is 45.4. The van der Waals surface area contributed by atoms with E-state index in [1.165, 1.54) is 4.90 Å². The number of esters is 1. The van der Waals surface area contributed by atoms with Gasteiger partial charge in [-0.05, 0) is 77.6 Å². The van der Waals surface area contributed by atoms with Crippen molar-refractivity contribution in [3.8, 4) is 0 Å². The maximum Gasteiger partial charge on any atom is 0.306 e. The number of imide groups is 1. The molecule has 0 aromatic rings. The Hall–Kier alpha value is -5.89. The Kier molecular flexibility index (Phi) is 42.8. The van der Waals surface area contributed by atoms with Crippen molar-refractivity contribution in [2.24, 2.45) is 17.3 Å². The van der Waals surface area contributed by atoms with E-state index in [2.05, 4.69) is 26.6 Å². The van der Waals surface area contributed by atoms with Crippen molar-refractivity contribution in [2.75, 3.05) is 145 Å². The largest absolute Gasteiger partial charge is 0.481 e. The number of ketones is 2. The number of hydrogen-bond donors (Lipinski definition) is 6. The fourth-order valence-electron chi connectivity index (χ4n) is 9.94. The van der Waals surface area contributed by atoms with E-state index in [0.717, 1.165) is 0 Å². The van der Waals surface area contributed by atoms with Gasteiger partial charge in [0, 0.05) is 90.6 Å². The molecular weight excluding hydrogens is 1240 g/mol. The lowest BCUT2D eigenvalue weighted by Gasteiger charge is -2.23. The van der Waals surface area contributed by atoms with Crippen LogP contribution in [0.1, 0.15) is 151 Å². The van der Waals surface area contributed by atoms with Crippen LogP contribution in [0.25, 0.3) is 0 Å². The number of carbonyl (C=O) groups is 11. The minimum Gasteiger partial charge on any atom is -0.481 e. The molecule has 29 heteroatoms. The molecule has 6 atom stereocenters. The highest BCUT2D eigenvalue weighted by Crippen LogP contribution is 2.45. The van der Waals surface area contributed by atoms with Crippen LogP contribution in [0.3, 0.4) is 0 Å². The van der Waals surface area contributed by atoms with Gasteiger partial charge in [0.15, 0.2) is 5.78 Å². The molecule has 0 aromatic heterocycles. The molecule has 6 N–H and O–H groups in total. The number of Topliss-reactive ketones (excluding diaryl/α,β-unsaturated/α-hetero) is 2. The van der Waals surface area contributed by atoms with Crippen molar-refractivity contribution < 1.29 is 110 Å². The molecule has 7 amide bonds. The molecule has 542 valence electrons. The Balaban J connectivity index is 1.03. The molecular formula is C66H110N6O23. The molecule has 3 rings (SSSR count). The van der Waals surface area contributed by atoms with E-state index in [1.54, 1.807) is 32.9 Å². The number of unbranched alkanes of at least 4 members (excludes halogenated alkanes) is 1. The Morgan fingerprint density at radius 2 is 0.926 bits per heavy atom. The maximum absolute atomic E-state index is 13.0. The zero-order valence-corrected chi connectivity index (χ0v) is 57.1. The van der Waals surface area contributed by atoms with E-state index in [-0.39, 0.29) is 170 Å². The van der Waals surface area contributed by atoms with Gasteiger partial charge in [-0.2, -0.15) is 0 Å². The van der Waals surface area contributed by atoms with Gasteiger partial charge in [-0.15, -0.1) is 0 Å². The van der Waals surface area contributed by atoms with Crippen LogP contribution in [0, 0.1) is 17.3 Å². The van der Waals surface area contributed by atoms with E-state index in [1.807, 2.05) is 20.8 Å². The van der Waals surface area contributed by atoms with Gasteiger partial charge in [0.25, 0.3) is 0 Å². The third kappa shape index (κ3) is 39.8. The summed E-state index contributed by atoms with van der Waals surface area (Å²) in [4.78, 5) is 138. The summed E-state index contributed by atoms with van der Waals surface area (Å²) in [5.41, 5.74) is -0.693. The summed E-state index contributed by atoms with van der Waals surface area (Å²) in [6.07, 6.45) is 7.09. The average Bonchev–Trinajstić information content (AvgIpc) is 1.58. The van der Waals surface area contributed by atoms with Crippen LogP contribution < -0.4 is 26.6 Å². The monoisotopic (exact) mass is 1350 g/mol. The minimum atomic E-state index is -0.990. The van der Waals surface area contributed by atoms with Crippen molar-refractivity contribution in [3.05, 3.63) is 12.2 Å². The molecule has 0 saturated carbocycles. The first kappa shape index (κ1) is 83.3. The third-order valence-electron chi connectivity index (χ3n) is 14.9. The van der Waals surface area contributed by atoms with E-state index >= 15 is 0 Å². The highest BCUT2D eigenvalue weighted by molar-refractivity contribution is 6.06. The van der Waals surface area contributed by atoms with Crippen LogP contribution in [0.15, 0.2) is 12.2 Å². The van der Waals surface area contributed by atoms with Gasteiger partial charge in [-0.25, -0.2) is 0 Å². The second-order valence-corrected chi connectivity index (χ2v) is 25.5. The number of hydrogen-bond acceptors (Lipinski definition) is 22. The summed E-state index contributed by atoms with van der Waals surface area (Å²) < 4.78 is 60.6. The average molecular weight is 1360 g/mol. The molecule has 2 fully saturated rings. The molecule has 3 aliphatic rings. The molecule has 3 aliphatic heterocycles. The Morgan fingerprint density at radius 1 is 0.463 bits per heavy atom. The van der Waals surface area contributed by atoms with Crippen molar-refractivity contribution in [1.29, 1.82) is 0 Å². The number of nitrogens with zero attached hydrogens (tertiary/aromatic N) is 1. The lowest BCUT2D eigenvalue weighted by molar-refractivity contribution is -0.155. The number of nitrogens with one attached hydrogen (secondary N) is 5. The van der Waals surface area contributed by atoms with Crippen molar-refractivity contribution in [2.45, 2.75) is 181 Å². The van der Waals surface area contributed by atoms with Crippen LogP contribution in [0.5, 0.6) is 0 Å². The molecule has 2 saturated heterocycles. The molecule has 2 bridgehead atoms. The zero-order chi connectivity index (χ0) is 69.7. The highest BCUT2D eigenvalue weighted by Gasteiger charge is 2.60. The third-order valence-corrected chi connectivity index (χ3v) is 14.9. The minimum absolute atomic E-state index is 0.0142. The number of likely N-dealkylation sites (tertiary alicyclic amines) is 1. The van der Waals surface area contributed by atoms with Crippen LogP contribution >= 0.6 is 0 Å². The van der Waals surface area contributed by atoms with Gasteiger partial charge in [0.1, 0.15) is 17.4 Å². The molecule has 29 nitrogen and oxygen atoms in total. The van der Waals surface area contributed by atoms with Crippen LogP contribution in [-0.4, -0.2) is 250 Å². The standard InChI is InChI=1S/C66H110N6O23/c1-65(2,3)25-20-51(74)49(16-19-59(81)95-66(4,5)6)70-57(78)24-34-89-40-46-93-47-41-90-35-28-68-55(76)23-33-88-39-45-92-43-37-86-31-21-48(73)12-11-30-85-36-42-91-44-38-87-32-22-54(75)67-26-8-7-13-50(62(82)69-27-9-15-58(79)80)71-56(77)14-10-29-72-63(83)60-52-17-18-53(94-52)61(60)64(72)84/h17-18,49-50,52-53,60-61H,7-16,19-47H2,1-6H3,(H,67,75)(H,68,76)(H,69,82)(H,70,78)(H,71,77)(H,79,80)/t49-,50-,52?,53?,60?,61?/m0/s1. The van der Waals surface area contributed by atoms with Gasteiger partial charge in [-0.1, -0.05) is 32.9 Å². The molecule has 0 radical (unpaired) electrons. The second kappa shape index (κ2) is 48.7. The number of carboxylic acid groups (broad SMARTS) is 1. The molecule has 95 heavy (non-hydrogen) atoms. The topological polar surface area (TPSA) is 373 Å². The first-order valence-corrected chi connectivity index (χ1v) is 33.7. The predicted molar refractivity (Wildman–Crippen MR) is 343 cm³/mol. The molecule has 3 heterocycles. The number of aliphatic carboxylic acids is 1. The van der Waals surface area contributed by atoms with Crippen LogP contribution in [0.4, 0.5) is 0 Å². The summed E-state index contributed by atoms with van der Waals surface area (Å²) in [6.45, 7) is 17.7. The zero-order valence-electron chi connectivity index (χ0n) is 57.1. The summed E-state index contributed by atoms with van der Waals surface area (Å²) in [5, 5.41) is 22.7. The van der Waals surface area contributed by atoms with Crippen LogP contribution in [-0.2, 0) is 105 Å². The van der Waals surface area contributed by atoms with E-state index in [4.69, 9.17) is 57.2 Å². The number of carboxylic acids is 1. The molecule has 4 unspecified atom stereocenters. The first-order valence-electron chi connectivity index (χ1n) is 33.7. The molecule has 0 spiro atoms. The van der Waals surface area contributed by atoms with E-state index in [0.29, 0.717) is 131 Å². The number of amides is 7. The fraction of sp³-hybridized carbons (Fsp3) is 0.803. The lowest BCUT2D eigenvalue weighted by atomic mass is 9.85. The van der Waals surface area contributed by atoms with Gasteiger partial charge in [0.2, 0.25) is 41.4 Å². The lowest BCUT2D eigenvalue weighted by Crippen LogP contribution is -2.47. The second-order valence-electron chi connectivity index (χ2n) is 25.5. The number of rotatable bonds is 59. The Labute approximate surface area is 559 Å². The Morgan fingerprint density at radius 3 is 1.45 bits per heavy atom. The van der Waals surface area contributed by atoms with Crippen molar-refractivity contribution in [1.82, 2.24) is 31.5 Å². The maximum atomic E-state index is 13.0. The van der Waals surface area contributed by atoms with Gasteiger partial charge in [0.05, 0.1) is 142 Å². The van der Waals surface area contributed by atoms with E-state index < -0.39 is 65.5 Å². The smallest absolute Gasteiger partial charge is 0.306 e. The quantitative estimate of drug-likeness (QED) is 0.0221. The number of fused-ring (bicyclic) bond motifs is 5. The Bertz CT molecular complexity index is 2330. The summed E-state index contributed by atoms with van der Waals surface area (Å²) >= 11 is 0. The van der Waals surface area contributed by atoms with Gasteiger partial charge < -0.3 is 83.8 Å². The predicted octanol–water partition coefficient (Wildman–Crippen LogP) is 2.63. The number of ether oxygens (including phenoxy) is 11. The number of carbonyl (C=O) groups excluding carboxylic acids is 10. The van der Waals surface area contributed by atoms with Gasteiger partial charge >= 0.3 is 11.9 Å².